The number of nitrogens with zero attached hydrogens (tertiary/aromatic N) is 2. The van der Waals surface area contributed by atoms with Gasteiger partial charge in [-0.2, -0.15) is 13.2 Å². The van der Waals surface area contributed by atoms with Gasteiger partial charge >= 0.3 is 6.18 Å². The average Bonchev–Trinajstić information content (AvgIpc) is 3.52. The zero-order valence-corrected chi connectivity index (χ0v) is 22.1. The van der Waals surface area contributed by atoms with Gasteiger partial charge in [-0.05, 0) is 50.7 Å². The Hall–Kier alpha value is -3.63. The lowest BCUT2D eigenvalue weighted by Crippen LogP contribution is -2.42. The fourth-order valence-corrected chi connectivity index (χ4v) is 4.65. The van der Waals surface area contributed by atoms with Gasteiger partial charge in [-0.25, -0.2) is 4.98 Å². The molecule has 206 valence electrons. The largest absolute Gasteiger partial charge is 0.444 e. The summed E-state index contributed by atoms with van der Waals surface area (Å²) in [4.78, 5) is 31.7. The number of amidine groups is 1. The van der Waals surface area contributed by atoms with Crippen LogP contribution in [0.4, 0.5) is 13.2 Å². The van der Waals surface area contributed by atoms with Crippen molar-refractivity contribution in [2.75, 3.05) is 13.6 Å². The fourth-order valence-electron chi connectivity index (χ4n) is 4.65. The minimum atomic E-state index is -4.27. The number of alkyl halides is 3. The molecule has 11 heteroatoms. The Labute approximate surface area is 220 Å². The third kappa shape index (κ3) is 6.43. The molecule has 1 aromatic heterocycles. The maximum absolute atomic E-state index is 13.1. The first-order chi connectivity index (χ1) is 17.9. The molecule has 2 heterocycles. The van der Waals surface area contributed by atoms with Gasteiger partial charge in [-0.1, -0.05) is 31.6 Å². The molecule has 38 heavy (non-hydrogen) atoms. The Bertz CT molecular complexity index is 1200. The van der Waals surface area contributed by atoms with Crippen molar-refractivity contribution in [3.05, 3.63) is 59.1 Å². The van der Waals surface area contributed by atoms with Gasteiger partial charge in [0, 0.05) is 25.4 Å². The molecule has 0 atom stereocenters. The lowest BCUT2D eigenvalue weighted by atomic mass is 9.81. The summed E-state index contributed by atoms with van der Waals surface area (Å²) >= 11 is 0. The molecule has 2 amide bonds. The summed E-state index contributed by atoms with van der Waals surface area (Å²) in [6.45, 7) is 5.95. The summed E-state index contributed by atoms with van der Waals surface area (Å²) in [5.74, 6) is -0.708. The number of oxazole rings is 1. The zero-order valence-electron chi connectivity index (χ0n) is 22.1. The van der Waals surface area contributed by atoms with Crippen LogP contribution in [0, 0.1) is 10.8 Å². The normalized spacial score (nSPS) is 18.3. The van der Waals surface area contributed by atoms with Crippen molar-refractivity contribution in [1.82, 2.24) is 20.5 Å². The first kappa shape index (κ1) is 28.9. The van der Waals surface area contributed by atoms with E-state index in [2.05, 4.69) is 15.6 Å². The van der Waals surface area contributed by atoms with Crippen molar-refractivity contribution in [1.29, 1.82) is 5.41 Å². The standard InChI is InChI=1S/C27H34F3N5O3/c1-5-26(6-2)12-13-35(25(26)37)22(31)20(15-32-4)33-23(36)21-16-38-24(34-21)19-9-7-8-18(14-19)17(3)10-11-27(28,29)30/h9-10,14-16,31-32H,5-8,11-13H2,1-4H3,(H,33,36)/b17-10-,20-15+,31-22?. The highest BCUT2D eigenvalue weighted by Gasteiger charge is 2.45. The van der Waals surface area contributed by atoms with Crippen LogP contribution in [-0.4, -0.2) is 47.3 Å². The Morgan fingerprint density at radius 2 is 2.03 bits per heavy atom. The minimum absolute atomic E-state index is 0.0372. The molecule has 0 unspecified atom stereocenters. The van der Waals surface area contributed by atoms with Crippen molar-refractivity contribution in [3.8, 4) is 0 Å². The summed E-state index contributed by atoms with van der Waals surface area (Å²) < 4.78 is 43.3. The second-order valence-electron chi connectivity index (χ2n) is 9.46. The van der Waals surface area contributed by atoms with Crippen LogP contribution in [0.25, 0.3) is 5.57 Å². The molecule has 8 nitrogen and oxygen atoms in total. The number of hydrogen-bond acceptors (Lipinski definition) is 6. The van der Waals surface area contributed by atoms with E-state index in [1.165, 1.54) is 17.4 Å². The molecule has 3 rings (SSSR count). The van der Waals surface area contributed by atoms with Gasteiger partial charge in [0.15, 0.2) is 11.5 Å². The number of carbonyl (C=O) groups is 2. The molecule has 1 fully saturated rings. The molecule has 0 spiro atoms. The van der Waals surface area contributed by atoms with E-state index in [1.807, 2.05) is 19.9 Å². The fraction of sp³-hybridized carbons (Fsp3) is 0.481. The third-order valence-electron chi connectivity index (χ3n) is 7.17. The topological polar surface area (TPSA) is 111 Å². The summed E-state index contributed by atoms with van der Waals surface area (Å²) in [7, 11) is 1.62. The monoisotopic (exact) mass is 533 g/mol. The number of likely N-dealkylation sites (tertiary alicyclic amines) is 1. The number of aromatic nitrogens is 1. The van der Waals surface area contributed by atoms with Gasteiger partial charge in [-0.15, -0.1) is 0 Å². The summed E-state index contributed by atoms with van der Waals surface area (Å²) in [5.41, 5.74) is 1.43. The lowest BCUT2D eigenvalue weighted by Gasteiger charge is -2.25. The van der Waals surface area contributed by atoms with Crippen LogP contribution in [0.2, 0.25) is 0 Å². The summed E-state index contributed by atoms with van der Waals surface area (Å²) in [6.07, 6.45) is 5.24. The highest BCUT2D eigenvalue weighted by Crippen LogP contribution is 2.38. The SMILES string of the molecule is CCC1(CC)CCN(C(=N)/C(=C\NC)NC(=O)c2coc(C3=CCCC(/C(C)=C\CC(F)(F)F)=C3)n2)C1=O. The van der Waals surface area contributed by atoms with Crippen LogP contribution in [-0.2, 0) is 4.79 Å². The van der Waals surface area contributed by atoms with E-state index in [4.69, 9.17) is 9.83 Å². The van der Waals surface area contributed by atoms with E-state index in [1.54, 1.807) is 20.0 Å². The van der Waals surface area contributed by atoms with E-state index in [-0.39, 0.29) is 29.0 Å². The van der Waals surface area contributed by atoms with E-state index < -0.39 is 23.9 Å². The molecule has 1 aromatic rings. The number of rotatable bonds is 9. The average molecular weight is 534 g/mol. The molecule has 1 aliphatic carbocycles. The van der Waals surface area contributed by atoms with Crippen molar-refractivity contribution in [3.63, 3.8) is 0 Å². The minimum Gasteiger partial charge on any atom is -0.444 e. The Morgan fingerprint density at radius 1 is 1.32 bits per heavy atom. The molecule has 2 aliphatic rings. The molecule has 0 saturated carbocycles. The maximum atomic E-state index is 13.1. The van der Waals surface area contributed by atoms with Crippen molar-refractivity contribution in [2.24, 2.45) is 5.41 Å². The molecule has 0 aromatic carbocycles. The second kappa shape index (κ2) is 11.8. The number of nitrogens with one attached hydrogen (secondary N) is 3. The van der Waals surface area contributed by atoms with Gasteiger partial charge in [0.2, 0.25) is 11.8 Å². The van der Waals surface area contributed by atoms with Crippen LogP contribution in [0.1, 0.15) is 75.7 Å². The van der Waals surface area contributed by atoms with E-state index in [0.717, 1.165) is 11.6 Å². The third-order valence-corrected chi connectivity index (χ3v) is 7.17. The van der Waals surface area contributed by atoms with E-state index in [0.29, 0.717) is 49.8 Å². The number of amides is 2. The first-order valence-corrected chi connectivity index (χ1v) is 12.6. The molecular weight excluding hydrogens is 499 g/mol. The lowest BCUT2D eigenvalue weighted by molar-refractivity contribution is -0.133. The van der Waals surface area contributed by atoms with Crippen LogP contribution in [0.3, 0.4) is 0 Å². The van der Waals surface area contributed by atoms with Gasteiger partial charge < -0.3 is 15.1 Å². The smallest absolute Gasteiger partial charge is 0.392 e. The molecule has 1 saturated heterocycles. The summed E-state index contributed by atoms with van der Waals surface area (Å²) in [5, 5.41) is 14.0. The van der Waals surface area contributed by atoms with Crippen LogP contribution in [0.5, 0.6) is 0 Å². The van der Waals surface area contributed by atoms with Crippen LogP contribution < -0.4 is 10.6 Å². The summed E-state index contributed by atoms with van der Waals surface area (Å²) in [6, 6.07) is 0. The predicted molar refractivity (Wildman–Crippen MR) is 138 cm³/mol. The van der Waals surface area contributed by atoms with Crippen molar-refractivity contribution in [2.45, 2.75) is 65.5 Å². The highest BCUT2D eigenvalue weighted by atomic mass is 19.4. The zero-order chi connectivity index (χ0) is 28.1. The predicted octanol–water partition coefficient (Wildman–Crippen LogP) is 5.48. The van der Waals surface area contributed by atoms with E-state index in [9.17, 15) is 22.8 Å². The Morgan fingerprint density at radius 3 is 2.63 bits per heavy atom. The number of carbonyl (C=O) groups excluding carboxylic acids is 2. The molecular formula is C27H34F3N5O3. The van der Waals surface area contributed by atoms with Gasteiger partial charge in [0.25, 0.3) is 5.91 Å². The van der Waals surface area contributed by atoms with Gasteiger partial charge in [0.1, 0.15) is 6.26 Å². The van der Waals surface area contributed by atoms with Gasteiger partial charge in [-0.3, -0.25) is 19.9 Å². The first-order valence-electron chi connectivity index (χ1n) is 12.6. The van der Waals surface area contributed by atoms with Crippen LogP contribution in [0.15, 0.2) is 52.0 Å². The molecule has 0 bridgehead atoms. The molecule has 3 N–H and O–H groups in total. The van der Waals surface area contributed by atoms with Crippen LogP contribution >= 0.6 is 0 Å². The Kier molecular flexibility index (Phi) is 9.01. The van der Waals surface area contributed by atoms with Gasteiger partial charge in [0.05, 0.1) is 17.5 Å². The quantitative estimate of drug-likeness (QED) is 0.287. The maximum Gasteiger partial charge on any atom is 0.392 e. The van der Waals surface area contributed by atoms with E-state index >= 15 is 0 Å². The molecule has 1 aliphatic heterocycles. The number of allylic oxidation sites excluding steroid dienone is 6. The van der Waals surface area contributed by atoms with Crippen molar-refractivity contribution < 1.29 is 27.2 Å². The number of halogens is 3. The second-order valence-corrected chi connectivity index (χ2v) is 9.46. The highest BCUT2D eigenvalue weighted by molar-refractivity contribution is 6.10. The number of hydrogen-bond donors (Lipinski definition) is 3. The van der Waals surface area contributed by atoms with Crippen molar-refractivity contribution >= 4 is 23.2 Å². The molecule has 0 radical (unpaired) electrons. The Balaban J connectivity index is 1.73.